The number of amides is 1. The second kappa shape index (κ2) is 9.69. The fraction of sp³-hybridized carbons (Fsp3) is 0.208. The van der Waals surface area contributed by atoms with Gasteiger partial charge in [-0.05, 0) is 41.8 Å². The van der Waals surface area contributed by atoms with Crippen molar-refractivity contribution in [3.8, 4) is 0 Å². The summed E-state index contributed by atoms with van der Waals surface area (Å²) in [6.45, 7) is 2.26. The maximum atomic E-state index is 12.8. The highest BCUT2D eigenvalue weighted by atomic mass is 32.2. The van der Waals surface area contributed by atoms with E-state index in [-0.39, 0.29) is 23.3 Å². The van der Waals surface area contributed by atoms with Gasteiger partial charge in [-0.15, -0.1) is 0 Å². The van der Waals surface area contributed by atoms with Crippen molar-refractivity contribution in [1.29, 1.82) is 0 Å². The van der Waals surface area contributed by atoms with Crippen LogP contribution in [0.3, 0.4) is 0 Å². The van der Waals surface area contributed by atoms with E-state index >= 15 is 0 Å². The van der Waals surface area contributed by atoms with Crippen LogP contribution in [0.25, 0.3) is 0 Å². The molecule has 0 aromatic heterocycles. The summed E-state index contributed by atoms with van der Waals surface area (Å²) in [5.41, 5.74) is 2.44. The van der Waals surface area contributed by atoms with E-state index in [1.165, 1.54) is 16.4 Å². The van der Waals surface area contributed by atoms with E-state index in [1.807, 2.05) is 67.6 Å². The van der Waals surface area contributed by atoms with Crippen molar-refractivity contribution < 1.29 is 13.2 Å². The third kappa shape index (κ3) is 5.14. The maximum absolute atomic E-state index is 12.8. The normalized spacial score (nSPS) is 12.5. The van der Waals surface area contributed by atoms with Gasteiger partial charge in [-0.3, -0.25) is 4.79 Å². The molecule has 156 valence electrons. The summed E-state index contributed by atoms with van der Waals surface area (Å²) in [6, 6.07) is 25.4. The van der Waals surface area contributed by atoms with Crippen LogP contribution in [0.5, 0.6) is 0 Å². The van der Waals surface area contributed by atoms with Crippen molar-refractivity contribution in [2.24, 2.45) is 0 Å². The Labute approximate surface area is 178 Å². The Kier molecular flexibility index (Phi) is 7.03. The Balaban J connectivity index is 1.70. The molecule has 0 bridgehead atoms. The molecule has 5 nitrogen and oxygen atoms in total. The van der Waals surface area contributed by atoms with E-state index in [0.717, 1.165) is 11.1 Å². The first-order chi connectivity index (χ1) is 14.4. The molecule has 6 heteroatoms. The minimum atomic E-state index is -3.63. The van der Waals surface area contributed by atoms with Crippen LogP contribution in [-0.4, -0.2) is 25.7 Å². The standard InChI is InChI=1S/C24H26N2O3S/c1-3-23(20-12-8-5-9-13-20)24(27)25-21-14-16-22(17-15-21)30(28,29)26(2)18-19-10-6-4-7-11-19/h4-17,23H,3,18H2,1-2H3,(H,25,27)/t23-/m1/s1. The molecule has 0 aliphatic carbocycles. The van der Waals surface area contributed by atoms with Gasteiger partial charge in [-0.2, -0.15) is 4.31 Å². The Hall–Kier alpha value is -2.96. The third-order valence-electron chi connectivity index (χ3n) is 5.00. The summed E-state index contributed by atoms with van der Waals surface area (Å²) in [5, 5.41) is 2.89. The van der Waals surface area contributed by atoms with Gasteiger partial charge in [0.1, 0.15) is 0 Å². The second-order valence-corrected chi connectivity index (χ2v) is 9.18. The lowest BCUT2D eigenvalue weighted by molar-refractivity contribution is -0.117. The van der Waals surface area contributed by atoms with Crippen molar-refractivity contribution in [1.82, 2.24) is 4.31 Å². The average Bonchev–Trinajstić information content (AvgIpc) is 2.76. The number of nitrogens with one attached hydrogen (secondary N) is 1. The maximum Gasteiger partial charge on any atom is 0.243 e. The molecule has 3 rings (SSSR count). The van der Waals surface area contributed by atoms with Crippen LogP contribution in [0.2, 0.25) is 0 Å². The quantitative estimate of drug-likeness (QED) is 0.575. The molecule has 1 atom stereocenters. The van der Waals surface area contributed by atoms with Gasteiger partial charge in [-0.1, -0.05) is 67.6 Å². The number of benzene rings is 3. The molecule has 0 radical (unpaired) electrons. The lowest BCUT2D eigenvalue weighted by atomic mass is 9.95. The second-order valence-electron chi connectivity index (χ2n) is 7.13. The molecule has 30 heavy (non-hydrogen) atoms. The first kappa shape index (κ1) is 21.7. The Morgan fingerprint density at radius 3 is 2.03 bits per heavy atom. The highest BCUT2D eigenvalue weighted by Gasteiger charge is 2.22. The lowest BCUT2D eigenvalue weighted by Crippen LogP contribution is -2.26. The van der Waals surface area contributed by atoms with Crippen LogP contribution in [0.15, 0.2) is 89.8 Å². The molecule has 0 heterocycles. The van der Waals surface area contributed by atoms with Crippen LogP contribution >= 0.6 is 0 Å². The number of nitrogens with zero attached hydrogens (tertiary/aromatic N) is 1. The van der Waals surface area contributed by atoms with E-state index in [1.54, 1.807) is 19.2 Å². The van der Waals surface area contributed by atoms with E-state index in [4.69, 9.17) is 0 Å². The molecule has 3 aromatic carbocycles. The summed E-state index contributed by atoms with van der Waals surface area (Å²) < 4.78 is 27.0. The number of carbonyl (C=O) groups is 1. The number of carbonyl (C=O) groups excluding carboxylic acids is 1. The topological polar surface area (TPSA) is 66.5 Å². The molecule has 0 aliphatic heterocycles. The first-order valence-corrected chi connectivity index (χ1v) is 11.3. The van der Waals surface area contributed by atoms with Gasteiger partial charge in [0, 0.05) is 19.3 Å². The van der Waals surface area contributed by atoms with Gasteiger partial charge in [0.2, 0.25) is 15.9 Å². The van der Waals surface area contributed by atoms with Crippen molar-refractivity contribution in [3.63, 3.8) is 0 Å². The zero-order valence-corrected chi connectivity index (χ0v) is 18.0. The van der Waals surface area contributed by atoms with Gasteiger partial charge in [0.05, 0.1) is 10.8 Å². The number of hydrogen-bond donors (Lipinski definition) is 1. The van der Waals surface area contributed by atoms with Crippen LogP contribution in [0.4, 0.5) is 5.69 Å². The Bertz CT molecular complexity index is 1070. The van der Waals surface area contributed by atoms with E-state index in [0.29, 0.717) is 12.1 Å². The first-order valence-electron chi connectivity index (χ1n) is 9.88. The van der Waals surface area contributed by atoms with Crippen LogP contribution < -0.4 is 5.32 Å². The van der Waals surface area contributed by atoms with Crippen LogP contribution in [-0.2, 0) is 21.4 Å². The third-order valence-corrected chi connectivity index (χ3v) is 6.82. The minimum absolute atomic E-state index is 0.111. The SMILES string of the molecule is CC[C@@H](C(=O)Nc1ccc(S(=O)(=O)N(C)Cc2ccccc2)cc1)c1ccccc1. The highest BCUT2D eigenvalue weighted by molar-refractivity contribution is 7.89. The number of rotatable bonds is 8. The van der Waals surface area contributed by atoms with E-state index < -0.39 is 10.0 Å². The zero-order chi connectivity index (χ0) is 21.6. The molecule has 0 aliphatic rings. The fourth-order valence-corrected chi connectivity index (χ4v) is 4.46. The van der Waals surface area contributed by atoms with E-state index in [2.05, 4.69) is 5.32 Å². The zero-order valence-electron chi connectivity index (χ0n) is 17.2. The summed E-state index contributed by atoms with van der Waals surface area (Å²) in [6.07, 6.45) is 0.673. The minimum Gasteiger partial charge on any atom is -0.326 e. The summed E-state index contributed by atoms with van der Waals surface area (Å²) >= 11 is 0. The molecular weight excluding hydrogens is 396 g/mol. The summed E-state index contributed by atoms with van der Waals surface area (Å²) in [5.74, 6) is -0.368. The number of hydrogen-bond acceptors (Lipinski definition) is 3. The summed E-state index contributed by atoms with van der Waals surface area (Å²) in [4.78, 5) is 12.9. The van der Waals surface area contributed by atoms with Crippen LogP contribution in [0.1, 0.15) is 30.4 Å². The van der Waals surface area contributed by atoms with Crippen LogP contribution in [0, 0.1) is 0 Å². The molecular formula is C24H26N2O3S. The van der Waals surface area contributed by atoms with Gasteiger partial charge < -0.3 is 5.32 Å². The molecule has 1 N–H and O–H groups in total. The smallest absolute Gasteiger partial charge is 0.243 e. The molecule has 0 saturated carbocycles. The lowest BCUT2D eigenvalue weighted by Gasteiger charge is -2.18. The van der Waals surface area contributed by atoms with Gasteiger partial charge in [0.25, 0.3) is 0 Å². The molecule has 3 aromatic rings. The van der Waals surface area contributed by atoms with Crippen molar-refractivity contribution in [3.05, 3.63) is 96.1 Å². The Morgan fingerprint density at radius 1 is 0.900 bits per heavy atom. The van der Waals surface area contributed by atoms with Crippen molar-refractivity contribution in [2.75, 3.05) is 12.4 Å². The Morgan fingerprint density at radius 2 is 1.47 bits per heavy atom. The molecule has 0 unspecified atom stereocenters. The van der Waals surface area contributed by atoms with Crippen molar-refractivity contribution in [2.45, 2.75) is 30.7 Å². The van der Waals surface area contributed by atoms with Crippen molar-refractivity contribution >= 4 is 21.6 Å². The summed E-state index contributed by atoms with van der Waals surface area (Å²) in [7, 11) is -2.07. The van der Waals surface area contributed by atoms with E-state index in [9.17, 15) is 13.2 Å². The van der Waals surface area contributed by atoms with Gasteiger partial charge in [0.15, 0.2) is 0 Å². The monoisotopic (exact) mass is 422 g/mol. The van der Waals surface area contributed by atoms with Gasteiger partial charge >= 0.3 is 0 Å². The number of sulfonamides is 1. The molecule has 1 amide bonds. The fourth-order valence-electron chi connectivity index (χ4n) is 3.30. The predicted molar refractivity (Wildman–Crippen MR) is 120 cm³/mol. The highest BCUT2D eigenvalue weighted by Crippen LogP contribution is 2.23. The molecule has 0 spiro atoms. The number of anilines is 1. The molecule has 0 saturated heterocycles. The largest absolute Gasteiger partial charge is 0.326 e. The average molecular weight is 423 g/mol. The van der Waals surface area contributed by atoms with Gasteiger partial charge in [-0.25, -0.2) is 8.42 Å². The predicted octanol–water partition coefficient (Wildman–Crippen LogP) is 4.64. The molecule has 0 fully saturated rings.